The Morgan fingerprint density at radius 2 is 2.20 bits per heavy atom. The van der Waals surface area contributed by atoms with E-state index in [1.165, 1.54) is 0 Å². The molecule has 7 heteroatoms. The third kappa shape index (κ3) is 1.42. The van der Waals surface area contributed by atoms with E-state index in [1.54, 1.807) is 0 Å². The molecule has 1 rings (SSSR count). The average molecular weight is 179 g/mol. The predicted molar refractivity (Wildman–Crippen MR) is 37.4 cm³/mol. The van der Waals surface area contributed by atoms with E-state index in [0.717, 1.165) is 17.8 Å². The molecule has 0 aliphatic carbocycles. The zero-order valence-electron chi connectivity index (χ0n) is 5.10. The van der Waals surface area contributed by atoms with Gasteiger partial charge in [0.15, 0.2) is 0 Å². The van der Waals surface area contributed by atoms with Gasteiger partial charge in [0.25, 0.3) is 0 Å². The molecule has 0 fully saturated rings. The molecule has 10 heavy (non-hydrogen) atoms. The Labute approximate surface area is 62.0 Å². The summed E-state index contributed by atoms with van der Waals surface area (Å²) in [5, 5.41) is 0. The molecule has 0 amide bonds. The molecule has 0 bridgehead atoms. The van der Waals surface area contributed by atoms with Crippen LogP contribution in [-0.4, -0.2) is 24.0 Å². The normalized spacial score (nSPS) is 11.7. The Kier molecular flexibility index (Phi) is 1.61. The fourth-order valence-corrected chi connectivity index (χ4v) is 1.63. The van der Waals surface area contributed by atoms with Crippen molar-refractivity contribution < 1.29 is 8.42 Å². The molecule has 5 nitrogen and oxygen atoms in total. The van der Waals surface area contributed by atoms with Crippen LogP contribution in [0.5, 0.6) is 0 Å². The fourth-order valence-electron chi connectivity index (χ4n) is 0.371. The standard InChI is InChI=1S/C3H5N3O2S2/c1-10(7,8)3-5-2(4)6-9-3/h1H3,(H2,4,6). The molecule has 0 saturated carbocycles. The smallest absolute Gasteiger partial charge is 0.233 e. The van der Waals surface area contributed by atoms with Gasteiger partial charge < -0.3 is 5.73 Å². The fraction of sp³-hybridized carbons (Fsp3) is 0.333. The maximum Gasteiger partial charge on any atom is 0.233 e. The van der Waals surface area contributed by atoms with Crippen LogP contribution in [0.4, 0.5) is 5.95 Å². The van der Waals surface area contributed by atoms with Crippen LogP contribution < -0.4 is 5.73 Å². The zero-order valence-corrected chi connectivity index (χ0v) is 6.74. The lowest BCUT2D eigenvalue weighted by Crippen LogP contribution is -1.96. The number of nitrogens with two attached hydrogens (primary N) is 1. The third-order valence-electron chi connectivity index (χ3n) is 0.740. The lowest BCUT2D eigenvalue weighted by Gasteiger charge is -1.83. The van der Waals surface area contributed by atoms with E-state index in [1.807, 2.05) is 0 Å². The van der Waals surface area contributed by atoms with Crippen LogP contribution in [0.2, 0.25) is 0 Å². The van der Waals surface area contributed by atoms with E-state index < -0.39 is 9.84 Å². The van der Waals surface area contributed by atoms with Crippen molar-refractivity contribution in [2.75, 3.05) is 12.0 Å². The number of anilines is 1. The quantitative estimate of drug-likeness (QED) is 0.629. The number of aromatic nitrogens is 2. The highest BCUT2D eigenvalue weighted by atomic mass is 32.2. The molecule has 0 saturated heterocycles. The Morgan fingerprint density at radius 1 is 1.60 bits per heavy atom. The SMILES string of the molecule is CS(=O)(=O)c1nc(N)ns1. The van der Waals surface area contributed by atoms with Crippen LogP contribution in [-0.2, 0) is 9.84 Å². The lowest BCUT2D eigenvalue weighted by atomic mass is 11.1. The number of nitrogen functional groups attached to an aromatic ring is 1. The van der Waals surface area contributed by atoms with Crippen molar-refractivity contribution in [1.29, 1.82) is 0 Å². The summed E-state index contributed by atoms with van der Waals surface area (Å²) in [4.78, 5) is 3.48. The predicted octanol–water partition coefficient (Wildman–Crippen LogP) is -0.476. The minimum atomic E-state index is -3.22. The third-order valence-corrected chi connectivity index (χ3v) is 3.12. The van der Waals surface area contributed by atoms with Crippen molar-refractivity contribution in [2.24, 2.45) is 0 Å². The van der Waals surface area contributed by atoms with Crippen LogP contribution in [0.25, 0.3) is 0 Å². The topological polar surface area (TPSA) is 85.9 Å². The zero-order chi connectivity index (χ0) is 7.78. The molecule has 0 spiro atoms. The van der Waals surface area contributed by atoms with Crippen molar-refractivity contribution in [3.63, 3.8) is 0 Å². The van der Waals surface area contributed by atoms with Crippen LogP contribution >= 0.6 is 11.5 Å². The first-order chi connectivity index (χ1) is 4.50. The van der Waals surface area contributed by atoms with E-state index in [0.29, 0.717) is 0 Å². The van der Waals surface area contributed by atoms with E-state index in [2.05, 4.69) is 9.36 Å². The Bertz CT molecular complexity index is 327. The number of hydrogen-bond acceptors (Lipinski definition) is 6. The highest BCUT2D eigenvalue weighted by Crippen LogP contribution is 2.11. The number of nitrogens with zero attached hydrogens (tertiary/aromatic N) is 2. The molecular weight excluding hydrogens is 174 g/mol. The maximum atomic E-state index is 10.7. The lowest BCUT2D eigenvalue weighted by molar-refractivity contribution is 0.601. The van der Waals surface area contributed by atoms with Gasteiger partial charge in [-0.25, -0.2) is 8.42 Å². The van der Waals surface area contributed by atoms with E-state index in [4.69, 9.17) is 5.73 Å². The molecular formula is C3H5N3O2S2. The molecule has 56 valence electrons. The monoisotopic (exact) mass is 179 g/mol. The number of hydrogen-bond donors (Lipinski definition) is 1. The van der Waals surface area contributed by atoms with Gasteiger partial charge in [0.2, 0.25) is 20.1 Å². The first kappa shape index (κ1) is 7.42. The molecule has 1 aromatic heterocycles. The summed E-state index contributed by atoms with van der Waals surface area (Å²) < 4.78 is 24.9. The maximum absolute atomic E-state index is 10.7. The van der Waals surface area contributed by atoms with Crippen molar-refractivity contribution in [3.8, 4) is 0 Å². The minimum absolute atomic E-state index is 0.00502. The molecule has 0 unspecified atom stereocenters. The Balaban J connectivity index is 3.21. The van der Waals surface area contributed by atoms with Gasteiger partial charge in [-0.3, -0.25) is 0 Å². The molecule has 1 heterocycles. The summed E-state index contributed by atoms with van der Waals surface area (Å²) in [6.45, 7) is 0. The van der Waals surface area contributed by atoms with Gasteiger partial charge in [-0.15, -0.1) is 0 Å². The first-order valence-electron chi connectivity index (χ1n) is 2.29. The summed E-state index contributed by atoms with van der Waals surface area (Å²) >= 11 is 0.782. The molecule has 0 aliphatic heterocycles. The molecule has 1 aromatic rings. The van der Waals surface area contributed by atoms with Gasteiger partial charge in [0, 0.05) is 17.8 Å². The molecule has 2 N–H and O–H groups in total. The van der Waals surface area contributed by atoms with Gasteiger partial charge >= 0.3 is 0 Å². The van der Waals surface area contributed by atoms with Crippen molar-refractivity contribution in [3.05, 3.63) is 0 Å². The van der Waals surface area contributed by atoms with Gasteiger partial charge in [-0.05, 0) is 0 Å². The molecule has 0 radical (unpaired) electrons. The van der Waals surface area contributed by atoms with Crippen LogP contribution in [0.3, 0.4) is 0 Å². The summed E-state index contributed by atoms with van der Waals surface area (Å²) in [5.74, 6) is 0.00502. The average Bonchev–Trinajstić information content (AvgIpc) is 2.11. The number of rotatable bonds is 1. The molecule has 0 aromatic carbocycles. The second kappa shape index (κ2) is 2.17. The van der Waals surface area contributed by atoms with Crippen LogP contribution in [0.1, 0.15) is 0 Å². The van der Waals surface area contributed by atoms with Crippen molar-refractivity contribution >= 4 is 27.3 Å². The molecule has 0 atom stereocenters. The van der Waals surface area contributed by atoms with Gasteiger partial charge in [-0.2, -0.15) is 9.36 Å². The number of sulfone groups is 1. The minimum Gasteiger partial charge on any atom is -0.367 e. The van der Waals surface area contributed by atoms with E-state index in [-0.39, 0.29) is 10.3 Å². The van der Waals surface area contributed by atoms with Gasteiger partial charge in [-0.1, -0.05) is 0 Å². The summed E-state index contributed by atoms with van der Waals surface area (Å²) in [5.41, 5.74) is 5.10. The van der Waals surface area contributed by atoms with Crippen LogP contribution in [0, 0.1) is 0 Å². The van der Waals surface area contributed by atoms with Crippen LogP contribution in [0.15, 0.2) is 4.34 Å². The molecule has 0 aliphatic rings. The highest BCUT2D eigenvalue weighted by Gasteiger charge is 2.11. The summed E-state index contributed by atoms with van der Waals surface area (Å²) in [6.07, 6.45) is 1.06. The highest BCUT2D eigenvalue weighted by molar-refractivity contribution is 7.92. The second-order valence-corrected chi connectivity index (χ2v) is 4.63. The summed E-state index contributed by atoms with van der Waals surface area (Å²) in [7, 11) is -3.22. The second-order valence-electron chi connectivity index (χ2n) is 1.69. The first-order valence-corrected chi connectivity index (χ1v) is 4.96. The van der Waals surface area contributed by atoms with Gasteiger partial charge in [0.05, 0.1) is 0 Å². The van der Waals surface area contributed by atoms with E-state index >= 15 is 0 Å². The van der Waals surface area contributed by atoms with Gasteiger partial charge in [0.1, 0.15) is 0 Å². The summed E-state index contributed by atoms with van der Waals surface area (Å²) in [6, 6.07) is 0. The largest absolute Gasteiger partial charge is 0.367 e. The van der Waals surface area contributed by atoms with Crippen molar-refractivity contribution in [1.82, 2.24) is 9.36 Å². The van der Waals surface area contributed by atoms with E-state index in [9.17, 15) is 8.42 Å². The Hall–Kier alpha value is -0.690. The Morgan fingerprint density at radius 3 is 2.40 bits per heavy atom. The van der Waals surface area contributed by atoms with Crippen molar-refractivity contribution in [2.45, 2.75) is 4.34 Å².